The van der Waals surface area contributed by atoms with Gasteiger partial charge in [0.25, 0.3) is 0 Å². The van der Waals surface area contributed by atoms with Crippen molar-refractivity contribution in [2.45, 2.75) is 59.5 Å². The van der Waals surface area contributed by atoms with Crippen molar-refractivity contribution in [1.29, 1.82) is 0 Å². The number of nitrogens with one attached hydrogen (secondary N) is 1. The molecule has 0 aromatic carbocycles. The van der Waals surface area contributed by atoms with Crippen LogP contribution in [0.5, 0.6) is 0 Å². The number of aromatic nitrogens is 2. The fourth-order valence-corrected chi connectivity index (χ4v) is 3.46. The molecule has 1 saturated heterocycles. The highest BCUT2D eigenvalue weighted by molar-refractivity contribution is 5.79. The van der Waals surface area contributed by atoms with Gasteiger partial charge >= 0.3 is 0 Å². The van der Waals surface area contributed by atoms with E-state index in [0.29, 0.717) is 6.42 Å². The number of piperidine rings is 1. The molecule has 0 bridgehead atoms. The van der Waals surface area contributed by atoms with Gasteiger partial charge in [-0.15, -0.1) is 0 Å². The molecule has 1 fully saturated rings. The monoisotopic (exact) mass is 346 g/mol. The third-order valence-corrected chi connectivity index (χ3v) is 4.95. The van der Waals surface area contributed by atoms with Crippen LogP contribution in [-0.2, 0) is 17.8 Å². The summed E-state index contributed by atoms with van der Waals surface area (Å²) < 4.78 is 10.4. The minimum Gasteiger partial charge on any atom is -0.361 e. The lowest BCUT2D eigenvalue weighted by molar-refractivity contribution is -0.121. The summed E-state index contributed by atoms with van der Waals surface area (Å²) in [5.74, 6) is 1.62. The summed E-state index contributed by atoms with van der Waals surface area (Å²) in [6, 6.07) is 0.169. The maximum atomic E-state index is 12.4. The minimum atomic E-state index is 0.0265. The van der Waals surface area contributed by atoms with Gasteiger partial charge in [0.2, 0.25) is 5.91 Å². The highest BCUT2D eigenvalue weighted by atomic mass is 16.5. The average Bonchev–Trinajstić information content (AvgIpc) is 3.05. The number of hydrogen-bond acceptors (Lipinski definition) is 6. The molecule has 1 unspecified atom stereocenters. The molecule has 1 aliphatic rings. The molecule has 25 heavy (non-hydrogen) atoms. The van der Waals surface area contributed by atoms with Crippen LogP contribution in [0.3, 0.4) is 0 Å². The van der Waals surface area contributed by atoms with Gasteiger partial charge in [0.15, 0.2) is 0 Å². The van der Waals surface area contributed by atoms with Gasteiger partial charge in [-0.1, -0.05) is 10.3 Å². The number of aryl methyl sites for hydroxylation is 4. The van der Waals surface area contributed by atoms with E-state index < -0.39 is 0 Å². The zero-order chi connectivity index (χ0) is 18.0. The number of amides is 1. The van der Waals surface area contributed by atoms with Crippen molar-refractivity contribution in [1.82, 2.24) is 20.5 Å². The van der Waals surface area contributed by atoms with Gasteiger partial charge in [-0.2, -0.15) is 0 Å². The molecule has 0 aliphatic carbocycles. The SMILES string of the molecule is Cc1noc(C)c1CC(=O)NC1CCCN(Cc2c(C)noc2C)C1. The van der Waals surface area contributed by atoms with Crippen LogP contribution in [-0.4, -0.2) is 40.3 Å². The van der Waals surface area contributed by atoms with Crippen molar-refractivity contribution in [2.75, 3.05) is 13.1 Å². The molecule has 7 nitrogen and oxygen atoms in total. The minimum absolute atomic E-state index is 0.0265. The summed E-state index contributed by atoms with van der Waals surface area (Å²) in [4.78, 5) is 14.7. The summed E-state index contributed by atoms with van der Waals surface area (Å²) >= 11 is 0. The molecule has 0 radical (unpaired) electrons. The molecule has 1 N–H and O–H groups in total. The Labute approximate surface area is 147 Å². The first-order valence-electron chi connectivity index (χ1n) is 8.79. The van der Waals surface area contributed by atoms with Gasteiger partial charge in [-0.05, 0) is 47.1 Å². The maximum Gasteiger partial charge on any atom is 0.224 e. The van der Waals surface area contributed by atoms with E-state index in [-0.39, 0.29) is 11.9 Å². The molecule has 3 heterocycles. The van der Waals surface area contributed by atoms with Crippen molar-refractivity contribution >= 4 is 5.91 Å². The van der Waals surface area contributed by atoms with Crippen LogP contribution >= 0.6 is 0 Å². The Morgan fingerprint density at radius 2 is 1.76 bits per heavy atom. The summed E-state index contributed by atoms with van der Waals surface area (Å²) in [6.45, 7) is 10.3. The van der Waals surface area contributed by atoms with Crippen LogP contribution in [0, 0.1) is 27.7 Å². The normalized spacial score (nSPS) is 18.5. The predicted molar refractivity (Wildman–Crippen MR) is 92.1 cm³/mol. The number of hydrogen-bond donors (Lipinski definition) is 1. The quantitative estimate of drug-likeness (QED) is 0.894. The number of likely N-dealkylation sites (tertiary alicyclic amines) is 1. The first-order chi connectivity index (χ1) is 11.9. The lowest BCUT2D eigenvalue weighted by Gasteiger charge is -2.33. The standard InChI is InChI=1S/C18H26N4O3/c1-11-16(13(3)24-20-11)8-18(23)19-15-6-5-7-22(9-15)10-17-12(2)21-25-14(17)4/h15H,5-10H2,1-4H3,(H,19,23). The van der Waals surface area contributed by atoms with E-state index in [1.54, 1.807) is 0 Å². The number of carbonyl (C=O) groups excluding carboxylic acids is 1. The number of rotatable bonds is 5. The zero-order valence-corrected chi connectivity index (χ0v) is 15.4. The van der Waals surface area contributed by atoms with Crippen LogP contribution in [0.15, 0.2) is 9.05 Å². The molecule has 0 saturated carbocycles. The Morgan fingerprint density at radius 3 is 2.36 bits per heavy atom. The van der Waals surface area contributed by atoms with E-state index in [1.165, 1.54) is 0 Å². The largest absolute Gasteiger partial charge is 0.361 e. The second-order valence-corrected chi connectivity index (χ2v) is 6.92. The highest BCUT2D eigenvalue weighted by Crippen LogP contribution is 2.19. The van der Waals surface area contributed by atoms with Crippen molar-refractivity contribution in [3.05, 3.63) is 34.0 Å². The number of nitrogens with zero attached hydrogens (tertiary/aromatic N) is 3. The van der Waals surface area contributed by atoms with Gasteiger partial charge < -0.3 is 14.4 Å². The van der Waals surface area contributed by atoms with Gasteiger partial charge in [0.05, 0.1) is 17.8 Å². The average molecular weight is 346 g/mol. The van der Waals surface area contributed by atoms with Gasteiger partial charge in [-0.3, -0.25) is 9.69 Å². The van der Waals surface area contributed by atoms with E-state index in [4.69, 9.17) is 9.05 Å². The van der Waals surface area contributed by atoms with Crippen LogP contribution < -0.4 is 5.32 Å². The first kappa shape index (κ1) is 17.7. The number of carbonyl (C=O) groups is 1. The summed E-state index contributed by atoms with van der Waals surface area (Å²) in [7, 11) is 0. The summed E-state index contributed by atoms with van der Waals surface area (Å²) in [5, 5.41) is 11.1. The second-order valence-electron chi connectivity index (χ2n) is 6.92. The molecule has 1 amide bonds. The van der Waals surface area contributed by atoms with Gasteiger partial charge in [-0.25, -0.2) is 0 Å². The molecule has 1 atom stereocenters. The van der Waals surface area contributed by atoms with E-state index in [1.807, 2.05) is 27.7 Å². The molecular formula is C18H26N4O3. The lowest BCUT2D eigenvalue weighted by Crippen LogP contribution is -2.47. The van der Waals surface area contributed by atoms with E-state index in [0.717, 1.165) is 66.5 Å². The molecule has 1 aliphatic heterocycles. The van der Waals surface area contributed by atoms with Crippen LogP contribution in [0.25, 0.3) is 0 Å². The fraction of sp³-hybridized carbons (Fsp3) is 0.611. The van der Waals surface area contributed by atoms with Crippen LogP contribution in [0.4, 0.5) is 0 Å². The molecular weight excluding hydrogens is 320 g/mol. The molecule has 2 aromatic heterocycles. The Morgan fingerprint density at radius 1 is 1.12 bits per heavy atom. The smallest absolute Gasteiger partial charge is 0.224 e. The van der Waals surface area contributed by atoms with Crippen molar-refractivity contribution in [3.8, 4) is 0 Å². The van der Waals surface area contributed by atoms with Crippen molar-refractivity contribution in [2.24, 2.45) is 0 Å². The van der Waals surface area contributed by atoms with Crippen LogP contribution in [0.2, 0.25) is 0 Å². The Kier molecular flexibility index (Phi) is 5.22. The van der Waals surface area contributed by atoms with E-state index >= 15 is 0 Å². The predicted octanol–water partition coefficient (Wildman–Crippen LogP) is 2.22. The summed E-state index contributed by atoms with van der Waals surface area (Å²) in [5.41, 5.74) is 3.78. The third kappa shape index (κ3) is 4.10. The maximum absolute atomic E-state index is 12.4. The Balaban J connectivity index is 1.55. The Bertz CT molecular complexity index is 711. The molecule has 136 valence electrons. The zero-order valence-electron chi connectivity index (χ0n) is 15.4. The van der Waals surface area contributed by atoms with E-state index in [2.05, 4.69) is 20.5 Å². The third-order valence-electron chi connectivity index (χ3n) is 4.95. The van der Waals surface area contributed by atoms with Crippen LogP contribution in [0.1, 0.15) is 46.9 Å². The lowest BCUT2D eigenvalue weighted by atomic mass is 10.0. The first-order valence-corrected chi connectivity index (χ1v) is 8.79. The molecule has 7 heteroatoms. The fourth-order valence-electron chi connectivity index (χ4n) is 3.46. The van der Waals surface area contributed by atoms with E-state index in [9.17, 15) is 4.79 Å². The van der Waals surface area contributed by atoms with Crippen molar-refractivity contribution in [3.63, 3.8) is 0 Å². The van der Waals surface area contributed by atoms with Crippen molar-refractivity contribution < 1.29 is 13.8 Å². The summed E-state index contributed by atoms with van der Waals surface area (Å²) in [6.07, 6.45) is 2.40. The topological polar surface area (TPSA) is 84.4 Å². The Hall–Kier alpha value is -2.15. The highest BCUT2D eigenvalue weighted by Gasteiger charge is 2.24. The molecule has 3 rings (SSSR count). The molecule has 2 aromatic rings. The molecule has 0 spiro atoms. The second kappa shape index (κ2) is 7.39. The van der Waals surface area contributed by atoms with Gasteiger partial charge in [0.1, 0.15) is 11.5 Å². The van der Waals surface area contributed by atoms with Gasteiger partial charge in [0, 0.05) is 30.3 Å².